The molecule has 0 spiro atoms. The molecule has 0 aromatic rings. The molecule has 0 radical (unpaired) electrons. The molecule has 3 nitrogen and oxygen atoms in total. The lowest BCUT2D eigenvalue weighted by molar-refractivity contribution is -0.0433. The number of aliphatic hydroxyl groups is 1. The number of epoxide rings is 1. The van der Waals surface area contributed by atoms with Gasteiger partial charge in [-0.05, 0) is 49.2 Å². The second-order valence-corrected chi connectivity index (χ2v) is 14.6. The lowest BCUT2D eigenvalue weighted by Gasteiger charge is -2.49. The maximum Gasteiger partial charge on any atom is 0.192 e. The molecule has 3 rings (SSSR count). The minimum Gasteiger partial charge on any atom is -0.414 e. The highest BCUT2D eigenvalue weighted by Gasteiger charge is 2.74. The van der Waals surface area contributed by atoms with Crippen molar-refractivity contribution < 1.29 is 14.3 Å². The van der Waals surface area contributed by atoms with Crippen molar-refractivity contribution >= 4 is 8.32 Å². The van der Waals surface area contributed by atoms with E-state index in [4.69, 9.17) is 9.16 Å². The Kier molecular flexibility index (Phi) is 3.70. The molecule has 1 saturated heterocycles. The SMILES string of the molecule is C[C@@H]1C[C@H](O[Si](C)(C)C(C)(C)C)C[C@H]2C[C@]3(CO)O[C@@H]3[C@]21C. The summed E-state index contributed by atoms with van der Waals surface area (Å²) in [4.78, 5) is 0. The van der Waals surface area contributed by atoms with Crippen molar-refractivity contribution in [3.63, 3.8) is 0 Å². The Labute approximate surface area is 136 Å². The van der Waals surface area contributed by atoms with Crippen LogP contribution in [0.4, 0.5) is 0 Å². The van der Waals surface area contributed by atoms with Crippen LogP contribution in [0.3, 0.4) is 0 Å². The molecule has 1 heterocycles. The third kappa shape index (κ3) is 2.25. The predicted molar refractivity (Wildman–Crippen MR) is 91.4 cm³/mol. The van der Waals surface area contributed by atoms with E-state index in [0.717, 1.165) is 19.3 Å². The van der Waals surface area contributed by atoms with E-state index >= 15 is 0 Å². The van der Waals surface area contributed by atoms with Gasteiger partial charge in [0, 0.05) is 11.5 Å². The number of fused-ring (bicyclic) bond motifs is 3. The van der Waals surface area contributed by atoms with Gasteiger partial charge in [0.25, 0.3) is 0 Å². The van der Waals surface area contributed by atoms with Gasteiger partial charge in [0.05, 0.1) is 12.7 Å². The molecule has 3 aliphatic rings. The zero-order valence-corrected chi connectivity index (χ0v) is 16.4. The molecule has 3 fully saturated rings. The molecule has 22 heavy (non-hydrogen) atoms. The van der Waals surface area contributed by atoms with Gasteiger partial charge in [-0.2, -0.15) is 0 Å². The summed E-state index contributed by atoms with van der Waals surface area (Å²) in [7, 11) is -1.70. The molecule has 0 amide bonds. The summed E-state index contributed by atoms with van der Waals surface area (Å²) < 4.78 is 12.7. The van der Waals surface area contributed by atoms with Crippen molar-refractivity contribution in [3.05, 3.63) is 0 Å². The molecule has 1 N–H and O–H groups in total. The molecule has 4 heteroatoms. The molecule has 0 aromatic carbocycles. The van der Waals surface area contributed by atoms with E-state index in [0.29, 0.717) is 17.9 Å². The molecular weight excluding hydrogens is 292 g/mol. The topological polar surface area (TPSA) is 42.0 Å². The van der Waals surface area contributed by atoms with E-state index in [1.165, 1.54) is 0 Å². The van der Waals surface area contributed by atoms with Crippen LogP contribution in [0.25, 0.3) is 0 Å². The summed E-state index contributed by atoms with van der Waals surface area (Å²) in [5, 5.41) is 9.99. The first kappa shape index (κ1) is 16.9. The largest absolute Gasteiger partial charge is 0.414 e. The van der Waals surface area contributed by atoms with Gasteiger partial charge in [0.1, 0.15) is 5.60 Å². The molecule has 128 valence electrons. The normalized spacial score (nSPS) is 48.0. The van der Waals surface area contributed by atoms with E-state index in [1.54, 1.807) is 0 Å². The van der Waals surface area contributed by atoms with Crippen molar-refractivity contribution in [2.24, 2.45) is 17.3 Å². The minimum atomic E-state index is -1.70. The highest BCUT2D eigenvalue weighted by Crippen LogP contribution is 2.68. The Balaban J connectivity index is 1.74. The second-order valence-electron chi connectivity index (χ2n) is 9.86. The molecule has 2 aliphatic carbocycles. The summed E-state index contributed by atoms with van der Waals surface area (Å²) >= 11 is 0. The van der Waals surface area contributed by atoms with Crippen LogP contribution in [0.2, 0.25) is 18.1 Å². The monoisotopic (exact) mass is 326 g/mol. The first-order chi connectivity index (χ1) is 9.96. The molecule has 2 saturated carbocycles. The van der Waals surface area contributed by atoms with Gasteiger partial charge < -0.3 is 14.3 Å². The quantitative estimate of drug-likeness (QED) is 0.630. The lowest BCUT2D eigenvalue weighted by atomic mass is 9.62. The Morgan fingerprint density at radius 2 is 1.91 bits per heavy atom. The predicted octanol–water partition coefficient (Wildman–Crippen LogP) is 3.96. The zero-order valence-electron chi connectivity index (χ0n) is 15.4. The zero-order chi connectivity index (χ0) is 16.6. The van der Waals surface area contributed by atoms with Gasteiger partial charge >= 0.3 is 0 Å². The Morgan fingerprint density at radius 3 is 2.45 bits per heavy atom. The number of hydrogen-bond acceptors (Lipinski definition) is 3. The van der Waals surface area contributed by atoms with Crippen molar-refractivity contribution in [2.45, 2.75) is 89.8 Å². The summed E-state index contributed by atoms with van der Waals surface area (Å²) in [5.41, 5.74) is 0.0234. The van der Waals surface area contributed by atoms with E-state index in [1.807, 2.05) is 0 Å². The Hall–Kier alpha value is 0.0969. The van der Waals surface area contributed by atoms with E-state index < -0.39 is 8.32 Å². The Bertz CT molecular complexity index is 458. The fourth-order valence-corrected chi connectivity index (χ4v) is 6.21. The van der Waals surface area contributed by atoms with Gasteiger partial charge in [0.15, 0.2) is 8.32 Å². The Morgan fingerprint density at radius 1 is 1.27 bits per heavy atom. The first-order valence-corrected chi connectivity index (χ1v) is 11.8. The van der Waals surface area contributed by atoms with Gasteiger partial charge in [0.2, 0.25) is 0 Å². The summed E-state index contributed by atoms with van der Waals surface area (Å²) in [5.74, 6) is 1.24. The third-order valence-electron chi connectivity index (χ3n) is 7.57. The third-order valence-corrected chi connectivity index (χ3v) is 12.1. The molecule has 0 aromatic heterocycles. The van der Waals surface area contributed by atoms with Crippen LogP contribution in [0.15, 0.2) is 0 Å². The van der Waals surface area contributed by atoms with Crippen molar-refractivity contribution in [1.29, 1.82) is 0 Å². The first-order valence-electron chi connectivity index (χ1n) is 8.93. The van der Waals surface area contributed by atoms with Crippen LogP contribution in [0, 0.1) is 17.3 Å². The highest BCUT2D eigenvalue weighted by atomic mass is 28.4. The van der Waals surface area contributed by atoms with E-state index in [-0.39, 0.29) is 28.8 Å². The van der Waals surface area contributed by atoms with Crippen LogP contribution in [0.5, 0.6) is 0 Å². The van der Waals surface area contributed by atoms with Gasteiger partial charge in [-0.15, -0.1) is 0 Å². The highest BCUT2D eigenvalue weighted by molar-refractivity contribution is 6.74. The van der Waals surface area contributed by atoms with E-state index in [2.05, 4.69) is 47.7 Å². The summed E-state index contributed by atoms with van der Waals surface area (Å²) in [6, 6.07) is 0. The number of ether oxygens (including phenoxy) is 1. The molecule has 6 atom stereocenters. The van der Waals surface area contributed by atoms with Gasteiger partial charge in [-0.3, -0.25) is 0 Å². The van der Waals surface area contributed by atoms with Crippen LogP contribution in [0.1, 0.15) is 53.9 Å². The number of hydrogen-bond donors (Lipinski definition) is 1. The second kappa shape index (κ2) is 4.81. The van der Waals surface area contributed by atoms with Crippen molar-refractivity contribution in [2.75, 3.05) is 6.61 Å². The molecular formula is C18H34O3Si. The van der Waals surface area contributed by atoms with Crippen molar-refractivity contribution in [1.82, 2.24) is 0 Å². The fraction of sp³-hybridized carbons (Fsp3) is 1.00. The average molecular weight is 327 g/mol. The smallest absolute Gasteiger partial charge is 0.192 e. The summed E-state index contributed by atoms with van der Waals surface area (Å²) in [6.07, 6.45) is 3.98. The number of aliphatic hydroxyl groups excluding tert-OH is 1. The van der Waals surface area contributed by atoms with Crippen LogP contribution >= 0.6 is 0 Å². The number of rotatable bonds is 3. The maximum atomic E-state index is 9.72. The van der Waals surface area contributed by atoms with Crippen LogP contribution in [-0.4, -0.2) is 37.8 Å². The van der Waals surface area contributed by atoms with Gasteiger partial charge in [-0.25, -0.2) is 0 Å². The average Bonchev–Trinajstić information content (AvgIpc) is 3.03. The maximum absolute atomic E-state index is 9.72. The fourth-order valence-electron chi connectivity index (χ4n) is 4.83. The summed E-state index contributed by atoms with van der Waals surface area (Å²) in [6.45, 7) is 16.6. The molecule has 1 aliphatic heterocycles. The standard InChI is InChI=1S/C18H34O3Si/c1-12-8-14(21-22(6,7)16(2,3)4)9-13-10-18(11-19)15(20-18)17(12,13)5/h12-15,19H,8-11H2,1-7H3/t12-,13+,14+,15-,17+,18-/m1/s1. The lowest BCUT2D eigenvalue weighted by Crippen LogP contribution is -2.49. The van der Waals surface area contributed by atoms with Gasteiger partial charge in [-0.1, -0.05) is 34.6 Å². The van der Waals surface area contributed by atoms with Crippen LogP contribution in [-0.2, 0) is 9.16 Å². The van der Waals surface area contributed by atoms with E-state index in [9.17, 15) is 5.11 Å². The van der Waals surface area contributed by atoms with Crippen LogP contribution < -0.4 is 0 Å². The minimum absolute atomic E-state index is 0.185. The molecule has 0 bridgehead atoms. The van der Waals surface area contributed by atoms with Crippen molar-refractivity contribution in [3.8, 4) is 0 Å². The molecule has 0 unspecified atom stereocenters.